The van der Waals surface area contributed by atoms with Crippen molar-refractivity contribution in [1.29, 1.82) is 5.26 Å². The normalized spacial score (nSPS) is 20.8. The Morgan fingerprint density at radius 2 is 1.77 bits per heavy atom. The van der Waals surface area contributed by atoms with Crippen LogP contribution in [0.3, 0.4) is 0 Å². The monoisotopic (exact) mass is 569 g/mol. The molecule has 18 heteroatoms. The lowest BCUT2D eigenvalue weighted by Gasteiger charge is -2.40. The van der Waals surface area contributed by atoms with Crippen LogP contribution in [0.2, 0.25) is 10.0 Å². The van der Waals surface area contributed by atoms with E-state index >= 15 is 0 Å². The lowest BCUT2D eigenvalue weighted by atomic mass is 9.93. The molecule has 1 aliphatic carbocycles. The molecule has 1 saturated carbocycles. The first kappa shape index (κ1) is 26.7. The molecule has 192 valence electrons. The minimum atomic E-state index is -10.3. The summed E-state index contributed by atoms with van der Waals surface area (Å²) in [7, 11) is -10.3. The number of alkyl halides is 2. The fourth-order valence-electron chi connectivity index (χ4n) is 3.36. The molecule has 2 aromatic rings. The van der Waals surface area contributed by atoms with Gasteiger partial charge in [-0.1, -0.05) is 42.6 Å². The van der Waals surface area contributed by atoms with Crippen LogP contribution in [-0.4, -0.2) is 34.3 Å². The number of nitrogens with zero attached hydrogens (tertiary/aromatic N) is 3. The van der Waals surface area contributed by atoms with Crippen LogP contribution in [0.4, 0.5) is 38.8 Å². The summed E-state index contributed by atoms with van der Waals surface area (Å²) in [6.07, 6.45) is -2.52. The zero-order valence-electron chi connectivity index (χ0n) is 17.0. The summed E-state index contributed by atoms with van der Waals surface area (Å²) in [5.74, 6) is -6.29. The van der Waals surface area contributed by atoms with E-state index < -0.39 is 77.7 Å². The average Bonchev–Trinajstić information content (AvgIpc) is 3.09. The molecule has 0 aliphatic heterocycles. The van der Waals surface area contributed by atoms with E-state index in [0.717, 1.165) is 0 Å². The highest BCUT2D eigenvalue weighted by atomic mass is 35.5. The Kier molecular flexibility index (Phi) is 5.57. The van der Waals surface area contributed by atoms with Gasteiger partial charge >= 0.3 is 16.3 Å². The summed E-state index contributed by atoms with van der Waals surface area (Å²) in [5, 5.41) is 12.8. The van der Waals surface area contributed by atoms with E-state index in [-0.39, 0.29) is 18.7 Å². The highest BCUT2D eigenvalue weighted by Gasteiger charge is 2.78. The fraction of sp³-hybridized carbons (Fsp3) is 0.294. The average molecular weight is 570 g/mol. The number of ether oxygens (including phenoxy) is 1. The van der Waals surface area contributed by atoms with Crippen molar-refractivity contribution < 1.29 is 42.5 Å². The number of benzene rings is 1. The number of halogens is 9. The Morgan fingerprint density at radius 1 is 1.26 bits per heavy atom. The van der Waals surface area contributed by atoms with E-state index in [9.17, 15) is 43.1 Å². The van der Waals surface area contributed by atoms with E-state index in [4.69, 9.17) is 28.9 Å². The standard InChI is InChI=1S/C17H12Cl2F7N5O3S/c1-2-34-15(33)29-13-11(16(14(28)32)6-17(16,20)21)10(5-27)30-31(13)12-8(18)3-7(4-9(12)19)35(22,23,24,25)26/h3-4H,2,6H2,1H3,(H2,28,32)(H,29,33). The molecule has 3 rings (SSSR count). The van der Waals surface area contributed by atoms with Gasteiger partial charge in [0.15, 0.2) is 5.69 Å². The number of hydrogen-bond acceptors (Lipinski definition) is 5. The van der Waals surface area contributed by atoms with Crippen LogP contribution in [0, 0.1) is 11.3 Å². The maximum absolute atomic E-state index is 14.4. The second-order valence-corrected chi connectivity index (χ2v) is 10.5. The van der Waals surface area contributed by atoms with E-state index in [1.165, 1.54) is 13.0 Å². The van der Waals surface area contributed by atoms with Crippen molar-refractivity contribution in [3.63, 3.8) is 0 Å². The molecule has 1 aliphatic rings. The van der Waals surface area contributed by atoms with Crippen LogP contribution in [0.5, 0.6) is 0 Å². The fourth-order valence-corrected chi connectivity index (χ4v) is 4.82. The maximum atomic E-state index is 14.4. The first-order chi connectivity index (χ1) is 15.7. The molecule has 3 N–H and O–H groups in total. The minimum absolute atomic E-state index is 0.193. The van der Waals surface area contributed by atoms with Crippen molar-refractivity contribution in [2.45, 2.75) is 29.6 Å². The number of rotatable bonds is 6. The Morgan fingerprint density at radius 3 is 2.14 bits per heavy atom. The number of aromatic nitrogens is 2. The van der Waals surface area contributed by atoms with Gasteiger partial charge in [0.1, 0.15) is 27.9 Å². The Bertz CT molecular complexity index is 1300. The summed E-state index contributed by atoms with van der Waals surface area (Å²) in [6.45, 7) is 1.13. The number of nitrogens with two attached hydrogens (primary N) is 1. The van der Waals surface area contributed by atoms with E-state index in [0.29, 0.717) is 4.68 Å². The number of carbonyl (C=O) groups excluding carboxylic acids is 2. The summed E-state index contributed by atoms with van der Waals surface area (Å²) in [5.41, 5.74) is -0.286. The molecule has 1 fully saturated rings. The Hall–Kier alpha value is -2.90. The third-order valence-electron chi connectivity index (χ3n) is 4.97. The van der Waals surface area contributed by atoms with E-state index in [1.807, 2.05) is 5.32 Å². The third kappa shape index (κ3) is 4.43. The number of nitriles is 1. The SMILES string of the molecule is CCOC(=O)Nc1c(C2(C(N)=O)CC2(F)F)c(C#N)nn1-c1c(Cl)cc(S(F)(F)(F)(F)F)cc1Cl. The summed E-state index contributed by atoms with van der Waals surface area (Å²) < 4.78 is 100.0. The number of amides is 2. The first-order valence-corrected chi connectivity index (χ1v) is 11.8. The smallest absolute Gasteiger partial charge is 0.412 e. The second kappa shape index (κ2) is 7.31. The van der Waals surface area contributed by atoms with Gasteiger partial charge in [0.05, 0.1) is 22.2 Å². The molecule has 1 unspecified atom stereocenters. The lowest BCUT2D eigenvalue weighted by molar-refractivity contribution is -0.123. The zero-order valence-corrected chi connectivity index (χ0v) is 19.4. The number of anilines is 1. The highest BCUT2D eigenvalue weighted by Crippen LogP contribution is 3.02. The zero-order chi connectivity index (χ0) is 26.8. The molecule has 0 bridgehead atoms. The maximum Gasteiger partial charge on any atom is 0.412 e. The molecule has 1 aromatic heterocycles. The molecule has 0 spiro atoms. The first-order valence-electron chi connectivity index (χ1n) is 9.08. The van der Waals surface area contributed by atoms with Crippen LogP contribution in [-0.2, 0) is 14.9 Å². The van der Waals surface area contributed by atoms with Crippen LogP contribution in [0.25, 0.3) is 5.69 Å². The van der Waals surface area contributed by atoms with Gasteiger partial charge in [-0.25, -0.2) is 18.3 Å². The van der Waals surface area contributed by atoms with Crippen molar-refractivity contribution in [3.8, 4) is 11.8 Å². The van der Waals surface area contributed by atoms with Gasteiger partial charge in [-0.2, -0.15) is 10.4 Å². The minimum Gasteiger partial charge on any atom is -0.450 e. The van der Waals surface area contributed by atoms with Crippen molar-refractivity contribution in [1.82, 2.24) is 9.78 Å². The molecule has 0 radical (unpaired) electrons. The molecular weight excluding hydrogens is 558 g/mol. The van der Waals surface area contributed by atoms with Crippen molar-refractivity contribution in [3.05, 3.63) is 33.4 Å². The second-order valence-electron chi connectivity index (χ2n) is 7.30. The van der Waals surface area contributed by atoms with Crippen LogP contribution in [0.15, 0.2) is 17.0 Å². The van der Waals surface area contributed by atoms with E-state index in [2.05, 4.69) is 9.84 Å². The molecule has 35 heavy (non-hydrogen) atoms. The number of primary amides is 1. The van der Waals surface area contributed by atoms with Gasteiger partial charge in [0, 0.05) is 6.42 Å². The van der Waals surface area contributed by atoms with Crippen molar-refractivity contribution in [2.75, 3.05) is 11.9 Å². The number of hydrogen-bond donors (Lipinski definition) is 2. The molecule has 1 atom stereocenters. The van der Waals surface area contributed by atoms with Crippen molar-refractivity contribution in [2.24, 2.45) is 5.73 Å². The van der Waals surface area contributed by atoms with Crippen LogP contribution >= 0.6 is 33.4 Å². The molecule has 2 amide bonds. The van der Waals surface area contributed by atoms with E-state index in [1.54, 1.807) is 0 Å². The number of carbonyl (C=O) groups is 2. The molecule has 8 nitrogen and oxygen atoms in total. The third-order valence-corrected chi connectivity index (χ3v) is 6.67. The van der Waals surface area contributed by atoms with Gasteiger partial charge in [0.25, 0.3) is 5.92 Å². The Balaban J connectivity index is 2.38. The van der Waals surface area contributed by atoms with Gasteiger partial charge in [-0.15, -0.1) is 0 Å². The highest BCUT2D eigenvalue weighted by molar-refractivity contribution is 8.45. The number of nitrogens with one attached hydrogen (secondary N) is 1. The molecule has 1 aromatic carbocycles. The molecular formula is C17H12Cl2F7N5O3S. The largest absolute Gasteiger partial charge is 0.450 e. The van der Waals surface area contributed by atoms with Crippen LogP contribution in [0.1, 0.15) is 24.6 Å². The molecule has 1 heterocycles. The van der Waals surface area contributed by atoms with Gasteiger partial charge in [-0.3, -0.25) is 10.1 Å². The predicted molar refractivity (Wildman–Crippen MR) is 111 cm³/mol. The predicted octanol–water partition coefficient (Wildman–Crippen LogP) is 6.04. The summed E-state index contributed by atoms with van der Waals surface area (Å²) in [6, 6.07) is 1.03. The Labute approximate surface area is 201 Å². The molecule has 0 saturated heterocycles. The summed E-state index contributed by atoms with van der Waals surface area (Å²) >= 11 is 11.6. The van der Waals surface area contributed by atoms with Gasteiger partial charge in [0.2, 0.25) is 5.91 Å². The topological polar surface area (TPSA) is 123 Å². The van der Waals surface area contributed by atoms with Crippen molar-refractivity contribution >= 4 is 51.2 Å². The summed E-state index contributed by atoms with van der Waals surface area (Å²) in [4.78, 5) is 21.7. The van der Waals surface area contributed by atoms with Crippen LogP contribution < -0.4 is 11.1 Å². The quantitative estimate of drug-likeness (QED) is 0.410. The lowest BCUT2D eigenvalue weighted by Crippen LogP contribution is -2.35. The van der Waals surface area contributed by atoms with Gasteiger partial charge < -0.3 is 10.5 Å². The van der Waals surface area contributed by atoms with Gasteiger partial charge in [-0.05, 0) is 19.1 Å².